The Morgan fingerprint density at radius 1 is 1.15 bits per heavy atom. The summed E-state index contributed by atoms with van der Waals surface area (Å²) in [5, 5.41) is 8.57. The van der Waals surface area contributed by atoms with E-state index >= 15 is 0 Å². The van der Waals surface area contributed by atoms with Crippen LogP contribution >= 0.6 is 15.9 Å². The van der Waals surface area contributed by atoms with Crippen molar-refractivity contribution in [3.8, 4) is 0 Å². The molecule has 0 amide bonds. The largest absolute Gasteiger partial charge is 0.369 e. The summed E-state index contributed by atoms with van der Waals surface area (Å²) in [7, 11) is 0. The monoisotopic (exact) mass is 339 g/mol. The van der Waals surface area contributed by atoms with Crippen molar-refractivity contribution in [3.05, 3.63) is 10.2 Å². The summed E-state index contributed by atoms with van der Waals surface area (Å²) >= 11 is 3.83. The van der Waals surface area contributed by atoms with E-state index in [0.29, 0.717) is 17.9 Å². The van der Waals surface area contributed by atoms with Crippen molar-refractivity contribution >= 4 is 21.7 Å². The summed E-state index contributed by atoms with van der Waals surface area (Å²) in [6, 6.07) is 0.544. The summed E-state index contributed by atoms with van der Waals surface area (Å²) in [5.74, 6) is 2.51. The number of aromatic nitrogens is 2. The van der Waals surface area contributed by atoms with Crippen molar-refractivity contribution in [2.45, 2.75) is 70.8 Å². The van der Waals surface area contributed by atoms with Crippen LogP contribution in [0.15, 0.2) is 4.47 Å². The van der Waals surface area contributed by atoms with Gasteiger partial charge in [-0.1, -0.05) is 39.5 Å². The molecule has 4 heteroatoms. The van der Waals surface area contributed by atoms with Crippen LogP contribution in [0, 0.1) is 5.92 Å². The third-order valence-corrected chi connectivity index (χ3v) is 5.72. The smallest absolute Gasteiger partial charge is 0.139 e. The molecular weight excluding hydrogens is 314 g/mol. The van der Waals surface area contributed by atoms with Crippen molar-refractivity contribution in [1.29, 1.82) is 0 Å². The van der Waals surface area contributed by atoms with Crippen LogP contribution in [0.2, 0.25) is 0 Å². The van der Waals surface area contributed by atoms with Crippen LogP contribution in [-0.2, 0) is 0 Å². The molecule has 1 saturated carbocycles. The third-order valence-electron chi connectivity index (χ3n) is 4.94. The molecule has 2 aliphatic rings. The fourth-order valence-electron chi connectivity index (χ4n) is 3.72. The number of halogens is 1. The fourth-order valence-corrected chi connectivity index (χ4v) is 4.45. The first-order valence-corrected chi connectivity index (χ1v) is 8.99. The van der Waals surface area contributed by atoms with E-state index in [1.165, 1.54) is 60.9 Å². The Kier molecular flexibility index (Phi) is 4.39. The maximum atomic E-state index is 5.03. The van der Waals surface area contributed by atoms with Crippen LogP contribution in [0.4, 0.5) is 5.82 Å². The Labute approximate surface area is 130 Å². The molecule has 1 N–H and O–H groups in total. The minimum absolute atomic E-state index is 0.544. The molecule has 1 aromatic heterocycles. The first kappa shape index (κ1) is 14.4. The van der Waals surface area contributed by atoms with E-state index in [0.717, 1.165) is 6.54 Å². The lowest BCUT2D eigenvalue weighted by Gasteiger charge is -2.28. The predicted octanol–water partition coefficient (Wildman–Crippen LogP) is 5.10. The molecule has 0 spiro atoms. The van der Waals surface area contributed by atoms with E-state index < -0.39 is 0 Å². The molecule has 2 heterocycles. The molecule has 0 radical (unpaired) electrons. The minimum atomic E-state index is 0.544. The molecule has 0 saturated heterocycles. The van der Waals surface area contributed by atoms with E-state index in [1.54, 1.807) is 0 Å². The van der Waals surface area contributed by atoms with Crippen LogP contribution in [0.1, 0.15) is 76.4 Å². The van der Waals surface area contributed by atoms with Crippen LogP contribution in [0.5, 0.6) is 0 Å². The number of hydrogen-bond donors (Lipinski definition) is 1. The topological polar surface area (TPSA) is 29.9 Å². The van der Waals surface area contributed by atoms with Gasteiger partial charge in [0.15, 0.2) is 0 Å². The highest BCUT2D eigenvalue weighted by atomic mass is 79.9. The summed E-state index contributed by atoms with van der Waals surface area (Å²) in [6.07, 6.45) is 9.31. The third kappa shape index (κ3) is 2.63. The van der Waals surface area contributed by atoms with Crippen LogP contribution < -0.4 is 5.32 Å². The van der Waals surface area contributed by atoms with Crippen molar-refractivity contribution in [3.63, 3.8) is 0 Å². The number of anilines is 1. The van der Waals surface area contributed by atoms with Crippen LogP contribution in [0.3, 0.4) is 0 Å². The van der Waals surface area contributed by atoms with Crippen LogP contribution in [0.25, 0.3) is 0 Å². The van der Waals surface area contributed by atoms with Gasteiger partial charge in [0.05, 0.1) is 16.2 Å². The summed E-state index contributed by atoms with van der Waals surface area (Å²) in [6.45, 7) is 5.68. The second kappa shape index (κ2) is 6.08. The van der Waals surface area contributed by atoms with E-state index in [9.17, 15) is 0 Å². The maximum Gasteiger partial charge on any atom is 0.139 e. The number of nitrogens with one attached hydrogen (secondary N) is 1. The Bertz CT molecular complexity index is 459. The molecule has 112 valence electrons. The summed E-state index contributed by atoms with van der Waals surface area (Å²) in [5.41, 5.74) is 1.31. The van der Waals surface area contributed by atoms with Gasteiger partial charge in [0.2, 0.25) is 0 Å². The van der Waals surface area contributed by atoms with Gasteiger partial charge in [-0.05, 0) is 41.1 Å². The molecule has 3 rings (SSSR count). The zero-order valence-corrected chi connectivity index (χ0v) is 14.2. The molecule has 1 fully saturated rings. The molecule has 1 aliphatic heterocycles. The first-order chi connectivity index (χ1) is 9.68. The first-order valence-electron chi connectivity index (χ1n) is 8.20. The number of nitrogens with zero attached hydrogens (tertiary/aromatic N) is 2. The highest BCUT2D eigenvalue weighted by Gasteiger charge is 2.30. The quantitative estimate of drug-likeness (QED) is 0.760. The Hall–Kier alpha value is -0.510. The van der Waals surface area contributed by atoms with E-state index in [-0.39, 0.29) is 0 Å². The zero-order valence-electron chi connectivity index (χ0n) is 12.7. The highest BCUT2D eigenvalue weighted by molar-refractivity contribution is 9.10. The van der Waals surface area contributed by atoms with E-state index in [4.69, 9.17) is 5.10 Å². The number of fused-ring (bicyclic) bond motifs is 1. The SMILES string of the molecule is CC(C)C1CCNc2c(Br)c(C3CCCCCC3)nn21. The van der Waals surface area contributed by atoms with Gasteiger partial charge < -0.3 is 5.32 Å². The van der Waals surface area contributed by atoms with Gasteiger partial charge in [-0.2, -0.15) is 5.10 Å². The molecule has 0 bridgehead atoms. The Morgan fingerprint density at radius 3 is 2.50 bits per heavy atom. The van der Waals surface area contributed by atoms with E-state index in [1.807, 2.05) is 0 Å². The minimum Gasteiger partial charge on any atom is -0.369 e. The van der Waals surface area contributed by atoms with Gasteiger partial charge >= 0.3 is 0 Å². The summed E-state index contributed by atoms with van der Waals surface area (Å²) in [4.78, 5) is 0. The van der Waals surface area contributed by atoms with Gasteiger partial charge in [-0.3, -0.25) is 0 Å². The lowest BCUT2D eigenvalue weighted by atomic mass is 9.97. The van der Waals surface area contributed by atoms with Crippen molar-refractivity contribution in [1.82, 2.24) is 9.78 Å². The average Bonchev–Trinajstić information content (AvgIpc) is 2.65. The predicted molar refractivity (Wildman–Crippen MR) is 87.4 cm³/mol. The van der Waals surface area contributed by atoms with Gasteiger partial charge in [0, 0.05) is 12.5 Å². The highest BCUT2D eigenvalue weighted by Crippen LogP contribution is 2.41. The summed E-state index contributed by atoms with van der Waals surface area (Å²) < 4.78 is 3.49. The molecule has 1 aromatic rings. The Morgan fingerprint density at radius 2 is 1.85 bits per heavy atom. The number of hydrogen-bond acceptors (Lipinski definition) is 2. The Balaban J connectivity index is 1.93. The van der Waals surface area contributed by atoms with Gasteiger partial charge in [-0.15, -0.1) is 0 Å². The molecule has 1 atom stereocenters. The van der Waals surface area contributed by atoms with Crippen molar-refractivity contribution < 1.29 is 0 Å². The zero-order chi connectivity index (χ0) is 14.1. The van der Waals surface area contributed by atoms with Crippen molar-refractivity contribution in [2.75, 3.05) is 11.9 Å². The lowest BCUT2D eigenvalue weighted by molar-refractivity contribution is 0.320. The molecular formula is C16H26BrN3. The van der Waals surface area contributed by atoms with Gasteiger partial charge in [0.1, 0.15) is 5.82 Å². The standard InChI is InChI=1S/C16H26BrN3/c1-11(2)13-9-10-18-16-14(17)15(19-20(13)16)12-7-5-3-4-6-8-12/h11-13,18H,3-10H2,1-2H3. The van der Waals surface area contributed by atoms with E-state index in [2.05, 4.69) is 39.8 Å². The number of rotatable bonds is 2. The second-order valence-corrected chi connectivity index (χ2v) is 7.50. The average molecular weight is 340 g/mol. The molecule has 1 aliphatic carbocycles. The van der Waals surface area contributed by atoms with Crippen molar-refractivity contribution in [2.24, 2.45) is 5.92 Å². The van der Waals surface area contributed by atoms with Gasteiger partial charge in [-0.25, -0.2) is 4.68 Å². The molecule has 1 unspecified atom stereocenters. The fraction of sp³-hybridized carbons (Fsp3) is 0.812. The molecule has 3 nitrogen and oxygen atoms in total. The molecule has 0 aromatic carbocycles. The van der Waals surface area contributed by atoms with Crippen LogP contribution in [-0.4, -0.2) is 16.3 Å². The lowest BCUT2D eigenvalue weighted by Crippen LogP contribution is -2.27. The normalized spacial score (nSPS) is 24.3. The maximum absolute atomic E-state index is 5.03. The van der Waals surface area contributed by atoms with Gasteiger partial charge in [0.25, 0.3) is 0 Å². The molecule has 20 heavy (non-hydrogen) atoms. The second-order valence-electron chi connectivity index (χ2n) is 6.71.